The van der Waals surface area contributed by atoms with Crippen molar-refractivity contribution in [2.24, 2.45) is 11.8 Å². The van der Waals surface area contributed by atoms with Crippen LogP contribution in [0.1, 0.15) is 63.3 Å². The summed E-state index contributed by atoms with van der Waals surface area (Å²) >= 11 is 1.56. The smallest absolute Gasteiger partial charge is 0.224 e. The molecule has 3 aromatic heterocycles. The Morgan fingerprint density at radius 3 is 2.55 bits per heavy atom. The van der Waals surface area contributed by atoms with Gasteiger partial charge >= 0.3 is 0 Å². The molecule has 4 atom stereocenters. The molecule has 3 aromatic rings. The van der Waals surface area contributed by atoms with Crippen molar-refractivity contribution in [3.05, 3.63) is 23.7 Å². The molecule has 0 aliphatic heterocycles. The molecule has 3 aliphatic carbocycles. The summed E-state index contributed by atoms with van der Waals surface area (Å²) in [6, 6.07) is 1.49. The highest BCUT2D eigenvalue weighted by Gasteiger charge is 2.52. The Hall–Kier alpha value is -2.44. The van der Waals surface area contributed by atoms with E-state index in [2.05, 4.69) is 15.6 Å². The van der Waals surface area contributed by atoms with E-state index < -0.39 is 23.9 Å². The van der Waals surface area contributed by atoms with Crippen molar-refractivity contribution in [3.8, 4) is 10.6 Å². The molecule has 6 rings (SSSR count). The number of ether oxygens (including phenoxy) is 1. The molecule has 0 radical (unpaired) electrons. The second-order valence-electron chi connectivity index (χ2n) is 11.8. The molecule has 3 heterocycles. The van der Waals surface area contributed by atoms with Gasteiger partial charge in [0.25, 0.3) is 0 Å². The van der Waals surface area contributed by atoms with Gasteiger partial charge < -0.3 is 30.7 Å². The Balaban J connectivity index is 1.30. The van der Waals surface area contributed by atoms with Crippen molar-refractivity contribution in [3.63, 3.8) is 0 Å². The lowest BCUT2D eigenvalue weighted by Crippen LogP contribution is -2.42. The molecule has 11 heteroatoms. The van der Waals surface area contributed by atoms with Crippen LogP contribution in [0.4, 0.5) is 11.8 Å². The zero-order chi connectivity index (χ0) is 28.0. The van der Waals surface area contributed by atoms with E-state index in [4.69, 9.17) is 19.7 Å². The molecule has 10 nitrogen and oxygen atoms in total. The van der Waals surface area contributed by atoms with Gasteiger partial charge in [-0.2, -0.15) is 4.98 Å². The van der Waals surface area contributed by atoms with Gasteiger partial charge in [0.05, 0.1) is 45.5 Å². The van der Waals surface area contributed by atoms with E-state index in [1.165, 1.54) is 0 Å². The number of aliphatic hydroxyl groups excluding tert-OH is 2. The van der Waals surface area contributed by atoms with Gasteiger partial charge in [-0.1, -0.05) is 12.8 Å². The number of hydrogen-bond donors (Lipinski definition) is 5. The number of rotatable bonds is 9. The Bertz CT molecular complexity index is 1360. The molecule has 5 N–H and O–H groups in total. The molecule has 0 saturated heterocycles. The van der Waals surface area contributed by atoms with Gasteiger partial charge in [-0.25, -0.2) is 9.97 Å². The SMILES string of the molecule is CCO[C@H]1C[C@H](CNc2nc(C)c(-c3nc4c(C)nccc4s3)c(N[C@@H]3C[C@H](C4(O)CCCC4)[C@@H](O)[C@H]3O)n2)C1. The number of hydrogen-bond acceptors (Lipinski definition) is 11. The van der Waals surface area contributed by atoms with Crippen LogP contribution >= 0.6 is 11.3 Å². The van der Waals surface area contributed by atoms with Gasteiger partial charge in [-0.05, 0) is 64.9 Å². The number of nitrogens with zero attached hydrogens (tertiary/aromatic N) is 4. The second-order valence-corrected chi connectivity index (χ2v) is 12.8. The molecule has 0 unspecified atom stereocenters. The minimum absolute atomic E-state index is 0.342. The highest BCUT2D eigenvalue weighted by molar-refractivity contribution is 7.21. The topological polar surface area (TPSA) is 146 Å². The molecular formula is C29H40N6O4S. The van der Waals surface area contributed by atoms with Crippen LogP contribution in [0.3, 0.4) is 0 Å². The van der Waals surface area contributed by atoms with Gasteiger partial charge in [0, 0.05) is 25.3 Å². The largest absolute Gasteiger partial charge is 0.390 e. The highest BCUT2D eigenvalue weighted by atomic mass is 32.1. The van der Waals surface area contributed by atoms with E-state index in [1.807, 2.05) is 26.8 Å². The number of aryl methyl sites for hydroxylation is 2. The lowest BCUT2D eigenvalue weighted by Gasteiger charge is -2.35. The summed E-state index contributed by atoms with van der Waals surface area (Å²) in [5, 5.41) is 40.9. The van der Waals surface area contributed by atoms with Gasteiger partial charge in [0.1, 0.15) is 22.4 Å². The number of fused-ring (bicyclic) bond motifs is 1. The molecule has 0 bridgehead atoms. The van der Waals surface area contributed by atoms with E-state index in [-0.39, 0.29) is 5.92 Å². The number of aromatic nitrogens is 4. The predicted molar refractivity (Wildman–Crippen MR) is 155 cm³/mol. The first kappa shape index (κ1) is 27.7. The van der Waals surface area contributed by atoms with Crippen molar-refractivity contribution in [1.29, 1.82) is 0 Å². The second kappa shape index (κ2) is 11.1. The van der Waals surface area contributed by atoms with Crippen molar-refractivity contribution in [2.45, 2.75) is 95.7 Å². The lowest BCUT2D eigenvalue weighted by atomic mass is 9.82. The molecular weight excluding hydrogens is 528 g/mol. The van der Waals surface area contributed by atoms with Crippen molar-refractivity contribution < 1.29 is 20.1 Å². The van der Waals surface area contributed by atoms with Gasteiger partial charge in [0.15, 0.2) is 0 Å². The molecule has 216 valence electrons. The molecule has 3 saturated carbocycles. The number of aliphatic hydroxyl groups is 3. The van der Waals surface area contributed by atoms with Crippen molar-refractivity contribution in [1.82, 2.24) is 19.9 Å². The van der Waals surface area contributed by atoms with Crippen LogP contribution in [0.25, 0.3) is 20.8 Å². The Morgan fingerprint density at radius 2 is 1.82 bits per heavy atom. The number of nitrogens with one attached hydrogen (secondary N) is 2. The maximum atomic E-state index is 11.2. The van der Waals surface area contributed by atoms with Crippen LogP contribution in [0.2, 0.25) is 0 Å². The summed E-state index contributed by atoms with van der Waals surface area (Å²) in [7, 11) is 0. The maximum absolute atomic E-state index is 11.2. The van der Waals surface area contributed by atoms with E-state index in [9.17, 15) is 15.3 Å². The third-order valence-corrected chi connectivity index (χ3v) is 10.1. The molecule has 0 aromatic carbocycles. The third-order valence-electron chi connectivity index (χ3n) is 9.10. The number of pyridine rings is 1. The standard InChI is InChI=1S/C29H40N6O4S/c1-4-39-18-11-17(12-18)14-31-28-32-15(2)22(27-34-23-16(3)30-10-7-21(23)40-27)26(35-28)33-20-13-19(24(36)25(20)37)29(38)8-5-6-9-29/h7,10,17-20,24-25,36-38H,4-6,8-9,11-14H2,1-3H3,(H2,31,32,33,35)/t17-,18-,19-,20+,24+,25-/m0/s1. The van der Waals surface area contributed by atoms with Gasteiger partial charge in [-0.3, -0.25) is 4.98 Å². The Labute approximate surface area is 238 Å². The van der Waals surface area contributed by atoms with Crippen LogP contribution < -0.4 is 10.6 Å². The minimum Gasteiger partial charge on any atom is -0.390 e. The number of anilines is 2. The quantitative estimate of drug-likeness (QED) is 0.258. The molecule has 40 heavy (non-hydrogen) atoms. The highest BCUT2D eigenvalue weighted by Crippen LogP contribution is 2.45. The van der Waals surface area contributed by atoms with Crippen molar-refractivity contribution in [2.75, 3.05) is 23.8 Å². The van der Waals surface area contributed by atoms with E-state index >= 15 is 0 Å². The van der Waals surface area contributed by atoms with E-state index in [0.717, 1.165) is 71.0 Å². The first-order valence-electron chi connectivity index (χ1n) is 14.6. The first-order valence-corrected chi connectivity index (χ1v) is 15.4. The maximum Gasteiger partial charge on any atom is 0.224 e. The normalized spacial score (nSPS) is 29.6. The molecule has 3 aliphatic rings. The van der Waals surface area contributed by atoms with Gasteiger partial charge in [0.2, 0.25) is 5.95 Å². The van der Waals surface area contributed by atoms with Crippen LogP contribution in [-0.4, -0.2) is 78.4 Å². The first-order chi connectivity index (χ1) is 19.3. The fraction of sp³-hybridized carbons (Fsp3) is 0.655. The summed E-state index contributed by atoms with van der Waals surface area (Å²) < 4.78 is 6.73. The van der Waals surface area contributed by atoms with Crippen LogP contribution in [-0.2, 0) is 4.74 Å². The minimum atomic E-state index is -1.03. The summed E-state index contributed by atoms with van der Waals surface area (Å²) in [5.41, 5.74) is 2.32. The fourth-order valence-electron chi connectivity index (χ4n) is 6.79. The average molecular weight is 569 g/mol. The molecule has 3 fully saturated rings. The predicted octanol–water partition coefficient (Wildman–Crippen LogP) is 3.82. The van der Waals surface area contributed by atoms with E-state index in [1.54, 1.807) is 17.5 Å². The molecule has 0 spiro atoms. The van der Waals surface area contributed by atoms with E-state index in [0.29, 0.717) is 43.1 Å². The summed E-state index contributed by atoms with van der Waals surface area (Å²) in [5.74, 6) is 1.20. The number of thiazole rings is 1. The Kier molecular flexibility index (Phi) is 7.69. The third kappa shape index (κ3) is 5.18. The zero-order valence-electron chi connectivity index (χ0n) is 23.4. The monoisotopic (exact) mass is 568 g/mol. The lowest BCUT2D eigenvalue weighted by molar-refractivity contribution is -0.0763. The zero-order valence-corrected chi connectivity index (χ0v) is 24.2. The van der Waals surface area contributed by atoms with Crippen LogP contribution in [0.15, 0.2) is 12.3 Å². The summed E-state index contributed by atoms with van der Waals surface area (Å²) in [6.45, 7) is 7.42. The van der Waals surface area contributed by atoms with Gasteiger partial charge in [-0.15, -0.1) is 11.3 Å². The summed E-state index contributed by atoms with van der Waals surface area (Å²) in [4.78, 5) is 19.0. The van der Waals surface area contributed by atoms with Crippen molar-refractivity contribution >= 4 is 33.3 Å². The molecule has 0 amide bonds. The van der Waals surface area contributed by atoms with Crippen LogP contribution in [0.5, 0.6) is 0 Å². The fourth-order valence-corrected chi connectivity index (χ4v) is 7.90. The Morgan fingerprint density at radius 1 is 1.05 bits per heavy atom. The summed E-state index contributed by atoms with van der Waals surface area (Å²) in [6.07, 6.45) is 5.80. The van der Waals surface area contributed by atoms with Crippen LogP contribution in [0, 0.1) is 25.7 Å². The average Bonchev–Trinajstić information content (AvgIpc) is 3.60.